The number of aryl methyl sites for hydroxylation is 2. The summed E-state index contributed by atoms with van der Waals surface area (Å²) in [4.78, 5) is 0. The summed E-state index contributed by atoms with van der Waals surface area (Å²) in [5.74, 6) is 0.350. The van der Waals surface area contributed by atoms with Crippen molar-refractivity contribution in [2.24, 2.45) is 0 Å². The molecular weight excluding hydrogens is 430 g/mol. The SMILES string of the molecule is CCCC1=C[C]([Ti+3])(C(c2cccc(C)c2)c2cccc(C)c2)C=C1.[Cl-].[Cl-].[Cl-]. The molecule has 1 unspecified atom stereocenters. The van der Waals surface area contributed by atoms with Gasteiger partial charge in [-0.15, -0.1) is 0 Å². The molecule has 1 aliphatic rings. The molecule has 27 heavy (non-hydrogen) atoms. The van der Waals surface area contributed by atoms with Crippen LogP contribution in [0.25, 0.3) is 0 Å². The third-order valence-corrected chi connectivity index (χ3v) is 5.70. The summed E-state index contributed by atoms with van der Waals surface area (Å²) in [7, 11) is 0. The van der Waals surface area contributed by atoms with Gasteiger partial charge in [0.1, 0.15) is 0 Å². The minimum absolute atomic E-state index is 0. The monoisotopic (exact) mass is 454 g/mol. The summed E-state index contributed by atoms with van der Waals surface area (Å²) in [6, 6.07) is 18.0. The van der Waals surface area contributed by atoms with Gasteiger partial charge in [-0.3, -0.25) is 0 Å². The number of benzene rings is 2. The zero-order valence-electron chi connectivity index (χ0n) is 16.0. The molecule has 0 aromatic heterocycles. The minimum Gasteiger partial charge on any atom is -1.00 e. The summed E-state index contributed by atoms with van der Waals surface area (Å²) in [5, 5.41) is 0. The van der Waals surface area contributed by atoms with Crippen molar-refractivity contribution < 1.29 is 57.7 Å². The summed E-state index contributed by atoms with van der Waals surface area (Å²) < 4.78 is 0.0338. The van der Waals surface area contributed by atoms with E-state index in [1.807, 2.05) is 0 Å². The molecule has 3 rings (SSSR count). The Morgan fingerprint density at radius 2 is 1.41 bits per heavy atom. The number of halogens is 3. The van der Waals surface area contributed by atoms with E-state index >= 15 is 0 Å². The van der Waals surface area contributed by atoms with Crippen LogP contribution >= 0.6 is 0 Å². The van der Waals surface area contributed by atoms with Crippen molar-refractivity contribution in [3.63, 3.8) is 0 Å². The molecule has 0 saturated heterocycles. The summed E-state index contributed by atoms with van der Waals surface area (Å²) >= 11 is 2.38. The molecule has 2 aromatic rings. The van der Waals surface area contributed by atoms with Crippen LogP contribution in [0.3, 0.4) is 0 Å². The second-order valence-electron chi connectivity index (χ2n) is 7.00. The third-order valence-electron chi connectivity index (χ3n) is 4.76. The average Bonchev–Trinajstić information content (AvgIpc) is 2.90. The van der Waals surface area contributed by atoms with Gasteiger partial charge in [-0.2, -0.15) is 0 Å². The molecule has 0 heterocycles. The van der Waals surface area contributed by atoms with Crippen LogP contribution in [0.4, 0.5) is 0 Å². The molecule has 0 aliphatic heterocycles. The quantitative estimate of drug-likeness (QED) is 0.436. The fourth-order valence-electron chi connectivity index (χ4n) is 3.72. The van der Waals surface area contributed by atoms with Gasteiger partial charge in [0.05, 0.1) is 0 Å². The Morgan fingerprint density at radius 1 is 0.889 bits per heavy atom. The molecule has 0 nitrogen and oxygen atoms in total. The molecule has 0 amide bonds. The molecular formula is C23H25Cl3Ti. The Balaban J connectivity index is 0.00000225. The number of allylic oxidation sites excluding steroid dienone is 4. The molecule has 1 aliphatic carbocycles. The summed E-state index contributed by atoms with van der Waals surface area (Å²) in [6.45, 7) is 6.62. The second kappa shape index (κ2) is 11.5. The van der Waals surface area contributed by atoms with Crippen molar-refractivity contribution in [1.29, 1.82) is 0 Å². The zero-order valence-corrected chi connectivity index (χ0v) is 19.8. The van der Waals surface area contributed by atoms with Crippen LogP contribution in [0.2, 0.25) is 3.72 Å². The number of rotatable bonds is 5. The van der Waals surface area contributed by atoms with Crippen molar-refractivity contribution in [1.82, 2.24) is 0 Å². The van der Waals surface area contributed by atoms with Crippen LogP contribution in [-0.4, -0.2) is 0 Å². The van der Waals surface area contributed by atoms with Crippen LogP contribution in [0.5, 0.6) is 0 Å². The van der Waals surface area contributed by atoms with E-state index < -0.39 is 0 Å². The van der Waals surface area contributed by atoms with E-state index in [0.29, 0.717) is 5.92 Å². The van der Waals surface area contributed by atoms with E-state index in [1.165, 1.54) is 40.7 Å². The maximum absolute atomic E-state index is 2.49. The number of hydrogen-bond donors (Lipinski definition) is 0. The largest absolute Gasteiger partial charge is 1.00 e. The van der Waals surface area contributed by atoms with Crippen LogP contribution in [0.15, 0.2) is 72.3 Å². The molecule has 0 fully saturated rings. The van der Waals surface area contributed by atoms with Crippen molar-refractivity contribution in [2.45, 2.75) is 43.3 Å². The Kier molecular flexibility index (Phi) is 11.3. The van der Waals surface area contributed by atoms with E-state index in [2.05, 4.69) is 108 Å². The van der Waals surface area contributed by atoms with E-state index in [-0.39, 0.29) is 40.9 Å². The second-order valence-corrected chi connectivity index (χ2v) is 8.35. The Hall–Kier alpha value is -0.496. The van der Waals surface area contributed by atoms with Crippen LogP contribution in [0.1, 0.15) is 47.9 Å². The Labute approximate surface area is 194 Å². The molecule has 0 spiro atoms. The normalized spacial score (nSPS) is 17.6. The predicted octanol–water partition coefficient (Wildman–Crippen LogP) is -2.55. The van der Waals surface area contributed by atoms with Crippen molar-refractivity contribution in [3.8, 4) is 0 Å². The first-order valence-corrected chi connectivity index (χ1v) is 9.59. The fraction of sp³-hybridized carbons (Fsp3) is 0.304. The Bertz CT molecular complexity index is 752. The predicted molar refractivity (Wildman–Crippen MR) is 99.0 cm³/mol. The van der Waals surface area contributed by atoms with E-state index in [0.717, 1.165) is 0 Å². The van der Waals surface area contributed by atoms with Gasteiger partial charge in [-0.25, -0.2) is 0 Å². The van der Waals surface area contributed by atoms with Gasteiger partial charge in [0, 0.05) is 0 Å². The molecule has 0 N–H and O–H groups in total. The maximum atomic E-state index is 2.49. The smallest absolute Gasteiger partial charge is 1.00 e. The average molecular weight is 456 g/mol. The third kappa shape index (κ3) is 6.24. The molecule has 0 bridgehead atoms. The van der Waals surface area contributed by atoms with Gasteiger partial charge in [0.2, 0.25) is 0 Å². The maximum Gasteiger partial charge on any atom is -1.00 e. The van der Waals surface area contributed by atoms with Gasteiger partial charge in [-0.05, 0) is 0 Å². The van der Waals surface area contributed by atoms with Crippen LogP contribution in [0, 0.1) is 13.8 Å². The first kappa shape index (κ1) is 26.5. The zero-order chi connectivity index (χ0) is 17.2. The van der Waals surface area contributed by atoms with Gasteiger partial charge in [-0.1, -0.05) is 0 Å². The molecule has 0 saturated carbocycles. The van der Waals surface area contributed by atoms with Gasteiger partial charge in [0.15, 0.2) is 0 Å². The van der Waals surface area contributed by atoms with Gasteiger partial charge < -0.3 is 37.2 Å². The fourth-order valence-corrected chi connectivity index (χ4v) is 4.66. The van der Waals surface area contributed by atoms with E-state index in [4.69, 9.17) is 0 Å². The van der Waals surface area contributed by atoms with Gasteiger partial charge in [0.25, 0.3) is 0 Å². The standard InChI is InChI=1S/C23H25.3ClH.Ti/c1-4-7-19-12-13-22(16-19)23(20-10-5-8-17(2)14-20)21-11-6-9-18(3)15-21;;;;/h5-6,8-16,23H,4,7H2,1-3H3;3*1H;/q;;;;+3/p-3. The summed E-state index contributed by atoms with van der Waals surface area (Å²) in [5.41, 5.74) is 6.94. The minimum atomic E-state index is 0. The van der Waals surface area contributed by atoms with E-state index in [1.54, 1.807) is 0 Å². The van der Waals surface area contributed by atoms with Gasteiger partial charge >= 0.3 is 158 Å². The molecule has 1 atom stereocenters. The topological polar surface area (TPSA) is 0 Å². The molecule has 2 aromatic carbocycles. The number of hydrogen-bond acceptors (Lipinski definition) is 0. The van der Waals surface area contributed by atoms with Crippen molar-refractivity contribution in [2.75, 3.05) is 0 Å². The molecule has 0 radical (unpaired) electrons. The Morgan fingerprint density at radius 3 is 1.85 bits per heavy atom. The summed E-state index contributed by atoms with van der Waals surface area (Å²) in [6.07, 6.45) is 9.60. The first-order chi connectivity index (χ1) is 11.5. The van der Waals surface area contributed by atoms with Crippen LogP contribution < -0.4 is 37.2 Å². The van der Waals surface area contributed by atoms with Crippen molar-refractivity contribution >= 4 is 0 Å². The first-order valence-electron chi connectivity index (χ1n) is 8.81. The molecule has 4 heteroatoms. The van der Waals surface area contributed by atoms with E-state index in [9.17, 15) is 0 Å². The van der Waals surface area contributed by atoms with Crippen molar-refractivity contribution in [3.05, 3.63) is 94.6 Å². The van der Waals surface area contributed by atoms with Crippen LogP contribution in [-0.2, 0) is 20.4 Å². The molecule has 142 valence electrons.